The number of hydrogen-bond acceptors (Lipinski definition) is 4. The van der Waals surface area contributed by atoms with E-state index in [1.54, 1.807) is 6.07 Å². The van der Waals surface area contributed by atoms with Crippen molar-refractivity contribution in [3.8, 4) is 0 Å². The summed E-state index contributed by atoms with van der Waals surface area (Å²) in [5.41, 5.74) is 6.28. The highest BCUT2D eigenvalue weighted by molar-refractivity contribution is 5.78. The van der Waals surface area contributed by atoms with Gasteiger partial charge in [-0.3, -0.25) is 9.59 Å². The van der Waals surface area contributed by atoms with Crippen LogP contribution in [0.5, 0.6) is 0 Å². The molecule has 172 valence electrons. The van der Waals surface area contributed by atoms with Crippen LogP contribution in [0.4, 0.5) is 0 Å². The van der Waals surface area contributed by atoms with Crippen LogP contribution in [0.2, 0.25) is 0 Å². The summed E-state index contributed by atoms with van der Waals surface area (Å²) in [4.78, 5) is 35.3. The molecule has 1 aromatic heterocycles. The number of amides is 1. The third kappa shape index (κ3) is 7.76. The van der Waals surface area contributed by atoms with Gasteiger partial charge in [0.15, 0.2) is 0 Å². The number of nitrogens with two attached hydrogens (primary N) is 1. The number of nitrogens with zero attached hydrogens (tertiary/aromatic N) is 2. The van der Waals surface area contributed by atoms with Crippen molar-refractivity contribution in [2.24, 2.45) is 17.1 Å². The molecular weight excluding hydrogens is 388 g/mol. The Morgan fingerprint density at radius 2 is 1.81 bits per heavy atom. The fourth-order valence-electron chi connectivity index (χ4n) is 4.30. The van der Waals surface area contributed by atoms with Crippen LogP contribution in [-0.4, -0.2) is 33.9 Å². The molecule has 0 bridgehead atoms. The Balaban J connectivity index is 2.21. The molecule has 0 saturated carbocycles. The Kier molecular flexibility index (Phi) is 9.23. The highest BCUT2D eigenvalue weighted by atomic mass is 16.2. The molecule has 0 aliphatic carbocycles. The SMILES string of the molecule is C[C@@H](CC(=O)N(CCCCCCN)[C@H](C)c1nc2ccccc2c(=O)[nH]1)CC(C)(C)C. The minimum Gasteiger partial charge on any atom is -0.333 e. The van der Waals surface area contributed by atoms with Gasteiger partial charge in [0, 0.05) is 13.0 Å². The maximum absolute atomic E-state index is 13.3. The van der Waals surface area contributed by atoms with Gasteiger partial charge in [0.05, 0.1) is 16.9 Å². The molecule has 3 N–H and O–H groups in total. The first-order valence-corrected chi connectivity index (χ1v) is 11.6. The van der Waals surface area contributed by atoms with Crippen molar-refractivity contribution < 1.29 is 4.79 Å². The lowest BCUT2D eigenvalue weighted by Crippen LogP contribution is -2.37. The van der Waals surface area contributed by atoms with Crippen molar-refractivity contribution >= 4 is 16.8 Å². The smallest absolute Gasteiger partial charge is 0.258 e. The molecule has 0 aliphatic rings. The zero-order valence-electron chi connectivity index (χ0n) is 19.9. The number of carbonyl (C=O) groups is 1. The third-order valence-electron chi connectivity index (χ3n) is 5.65. The Morgan fingerprint density at radius 1 is 1.13 bits per heavy atom. The minimum absolute atomic E-state index is 0.124. The van der Waals surface area contributed by atoms with Crippen LogP contribution in [-0.2, 0) is 4.79 Å². The van der Waals surface area contributed by atoms with E-state index in [4.69, 9.17) is 5.73 Å². The molecule has 6 nitrogen and oxygen atoms in total. The molecule has 2 rings (SSSR count). The van der Waals surface area contributed by atoms with E-state index in [2.05, 4.69) is 37.7 Å². The highest BCUT2D eigenvalue weighted by Crippen LogP contribution is 2.28. The molecular formula is C25H40N4O2. The van der Waals surface area contributed by atoms with Gasteiger partial charge in [0.1, 0.15) is 5.82 Å². The second-order valence-electron chi connectivity index (χ2n) is 10.0. The molecule has 0 fully saturated rings. The van der Waals surface area contributed by atoms with Gasteiger partial charge in [-0.15, -0.1) is 0 Å². The number of para-hydroxylation sites is 1. The third-order valence-corrected chi connectivity index (χ3v) is 5.65. The molecule has 0 spiro atoms. The normalized spacial score (nSPS) is 13.9. The number of unbranched alkanes of at least 4 members (excludes halogenated alkanes) is 3. The lowest BCUT2D eigenvalue weighted by molar-refractivity contribution is -0.134. The summed E-state index contributed by atoms with van der Waals surface area (Å²) in [6.07, 6.45) is 5.52. The fraction of sp³-hybridized carbons (Fsp3) is 0.640. The zero-order chi connectivity index (χ0) is 23.0. The molecule has 1 amide bonds. The van der Waals surface area contributed by atoms with Crippen LogP contribution in [0.3, 0.4) is 0 Å². The molecule has 0 saturated heterocycles. The van der Waals surface area contributed by atoms with E-state index in [0.29, 0.717) is 42.2 Å². The first kappa shape index (κ1) is 25.1. The Labute approximate surface area is 186 Å². The summed E-state index contributed by atoms with van der Waals surface area (Å²) in [7, 11) is 0. The summed E-state index contributed by atoms with van der Waals surface area (Å²) < 4.78 is 0. The van der Waals surface area contributed by atoms with Crippen molar-refractivity contribution in [3.05, 3.63) is 40.4 Å². The van der Waals surface area contributed by atoms with Crippen LogP contribution in [0, 0.1) is 11.3 Å². The standard InChI is InChI=1S/C25H40N4O2/c1-18(17-25(3,4)5)16-22(30)29(15-11-7-6-10-14-26)19(2)23-27-21-13-9-8-12-20(21)24(31)28-23/h8-9,12-13,18-19H,6-7,10-11,14-17,26H2,1-5H3,(H,27,28,31)/t18-,19+/m0/s1. The lowest BCUT2D eigenvalue weighted by atomic mass is 9.84. The zero-order valence-corrected chi connectivity index (χ0v) is 19.9. The Morgan fingerprint density at radius 3 is 2.48 bits per heavy atom. The molecule has 31 heavy (non-hydrogen) atoms. The number of rotatable bonds is 11. The molecule has 6 heteroatoms. The molecule has 2 atom stereocenters. The number of carbonyl (C=O) groups excluding carboxylic acids is 1. The van der Waals surface area contributed by atoms with Gasteiger partial charge in [-0.2, -0.15) is 0 Å². The van der Waals surface area contributed by atoms with Crippen molar-refractivity contribution in [1.82, 2.24) is 14.9 Å². The topological polar surface area (TPSA) is 92.1 Å². The van der Waals surface area contributed by atoms with Crippen molar-refractivity contribution in [3.63, 3.8) is 0 Å². The second kappa shape index (κ2) is 11.4. The van der Waals surface area contributed by atoms with Gasteiger partial charge in [0.2, 0.25) is 5.91 Å². The van der Waals surface area contributed by atoms with Crippen molar-refractivity contribution in [1.29, 1.82) is 0 Å². The summed E-state index contributed by atoms with van der Waals surface area (Å²) in [6.45, 7) is 12.1. The summed E-state index contributed by atoms with van der Waals surface area (Å²) in [6, 6.07) is 7.02. The molecule has 1 aromatic carbocycles. The maximum atomic E-state index is 13.3. The summed E-state index contributed by atoms with van der Waals surface area (Å²) in [5.74, 6) is 0.962. The number of hydrogen-bond donors (Lipinski definition) is 2. The minimum atomic E-state index is -0.291. The molecule has 0 radical (unpaired) electrons. The number of nitrogens with one attached hydrogen (secondary N) is 1. The first-order valence-electron chi connectivity index (χ1n) is 11.6. The number of aromatic amines is 1. The van der Waals surface area contributed by atoms with Crippen LogP contribution in [0.25, 0.3) is 10.9 Å². The average Bonchev–Trinajstić information content (AvgIpc) is 2.68. The summed E-state index contributed by atoms with van der Waals surface area (Å²) in [5, 5.41) is 0.567. The lowest BCUT2D eigenvalue weighted by Gasteiger charge is -2.31. The number of H-pyrrole nitrogens is 1. The predicted octanol–water partition coefficient (Wildman–Crippen LogP) is 4.79. The fourth-order valence-corrected chi connectivity index (χ4v) is 4.30. The van der Waals surface area contributed by atoms with E-state index >= 15 is 0 Å². The Bertz CT molecular complexity index is 900. The highest BCUT2D eigenvalue weighted by Gasteiger charge is 2.26. The van der Waals surface area contributed by atoms with Gasteiger partial charge < -0.3 is 15.6 Å². The van der Waals surface area contributed by atoms with Gasteiger partial charge in [-0.05, 0) is 56.2 Å². The largest absolute Gasteiger partial charge is 0.333 e. The van der Waals surface area contributed by atoms with E-state index in [9.17, 15) is 9.59 Å². The van der Waals surface area contributed by atoms with Crippen LogP contribution in [0.15, 0.2) is 29.1 Å². The number of fused-ring (bicyclic) bond motifs is 1. The molecule has 2 aromatic rings. The van der Waals surface area contributed by atoms with Gasteiger partial charge in [-0.1, -0.05) is 52.7 Å². The van der Waals surface area contributed by atoms with Gasteiger partial charge in [-0.25, -0.2) is 4.98 Å². The van der Waals surface area contributed by atoms with E-state index in [-0.39, 0.29) is 22.9 Å². The first-order chi connectivity index (χ1) is 14.6. The van der Waals surface area contributed by atoms with E-state index < -0.39 is 0 Å². The van der Waals surface area contributed by atoms with Crippen molar-refractivity contribution in [2.45, 2.75) is 79.2 Å². The molecule has 0 unspecified atom stereocenters. The average molecular weight is 429 g/mol. The molecule has 0 aliphatic heterocycles. The van der Waals surface area contributed by atoms with Gasteiger partial charge >= 0.3 is 0 Å². The summed E-state index contributed by atoms with van der Waals surface area (Å²) >= 11 is 0. The van der Waals surface area contributed by atoms with Crippen LogP contribution in [0.1, 0.15) is 85.0 Å². The monoisotopic (exact) mass is 428 g/mol. The maximum Gasteiger partial charge on any atom is 0.258 e. The quantitative estimate of drug-likeness (QED) is 0.503. The number of aromatic nitrogens is 2. The van der Waals surface area contributed by atoms with E-state index in [1.165, 1.54) is 0 Å². The molecule has 1 heterocycles. The number of benzene rings is 1. The van der Waals surface area contributed by atoms with Crippen molar-refractivity contribution in [2.75, 3.05) is 13.1 Å². The second-order valence-corrected chi connectivity index (χ2v) is 10.0. The van der Waals surface area contributed by atoms with Crippen LogP contribution >= 0.6 is 0 Å². The Hall–Kier alpha value is -2.21. The van der Waals surface area contributed by atoms with Crippen LogP contribution < -0.4 is 11.3 Å². The van der Waals surface area contributed by atoms with Gasteiger partial charge in [0.25, 0.3) is 5.56 Å². The predicted molar refractivity (Wildman–Crippen MR) is 128 cm³/mol. The van der Waals surface area contributed by atoms with E-state index in [1.807, 2.05) is 30.0 Å². The van der Waals surface area contributed by atoms with E-state index in [0.717, 1.165) is 32.1 Å².